The van der Waals surface area contributed by atoms with E-state index in [1.165, 1.54) is 4.90 Å². The van der Waals surface area contributed by atoms with Gasteiger partial charge >= 0.3 is 0 Å². The van der Waals surface area contributed by atoms with Gasteiger partial charge in [-0.25, -0.2) is 0 Å². The van der Waals surface area contributed by atoms with E-state index >= 15 is 0 Å². The number of nitrogens with one attached hydrogen (secondary N) is 1. The highest BCUT2D eigenvalue weighted by molar-refractivity contribution is 5.99. The Hall–Kier alpha value is -1.88. The molecule has 0 spiro atoms. The number of nitrogens with zero attached hydrogens (tertiary/aromatic N) is 1. The van der Waals surface area contributed by atoms with E-state index in [-0.39, 0.29) is 18.4 Å². The summed E-state index contributed by atoms with van der Waals surface area (Å²) in [5.74, 6) is -0.378. The topological polar surface area (TPSA) is 69.6 Å². The molecule has 1 rings (SSSR count). The van der Waals surface area contributed by atoms with Crippen molar-refractivity contribution in [2.24, 2.45) is 0 Å². The van der Waals surface area contributed by atoms with Gasteiger partial charge in [0.1, 0.15) is 0 Å². The minimum atomic E-state index is -0.239. The van der Waals surface area contributed by atoms with E-state index in [0.717, 1.165) is 0 Å². The van der Waals surface area contributed by atoms with Crippen molar-refractivity contribution in [1.82, 2.24) is 10.2 Å². The third-order valence-corrected chi connectivity index (χ3v) is 2.40. The van der Waals surface area contributed by atoms with E-state index in [0.29, 0.717) is 24.1 Å². The number of hydrogen-bond acceptors (Lipinski definition) is 3. The molecule has 0 unspecified atom stereocenters. The summed E-state index contributed by atoms with van der Waals surface area (Å²) < 4.78 is 0. The first-order valence-corrected chi connectivity index (χ1v) is 5.77. The lowest BCUT2D eigenvalue weighted by Crippen LogP contribution is -2.26. The highest BCUT2D eigenvalue weighted by atomic mass is 16.3. The van der Waals surface area contributed by atoms with Crippen LogP contribution in [0.15, 0.2) is 24.3 Å². The minimum absolute atomic E-state index is 0.0411. The van der Waals surface area contributed by atoms with Crippen molar-refractivity contribution in [3.63, 3.8) is 0 Å². The van der Waals surface area contributed by atoms with Crippen molar-refractivity contribution < 1.29 is 14.7 Å². The summed E-state index contributed by atoms with van der Waals surface area (Å²) in [4.78, 5) is 24.9. The van der Waals surface area contributed by atoms with Gasteiger partial charge in [-0.3, -0.25) is 9.59 Å². The number of rotatable bonds is 5. The van der Waals surface area contributed by atoms with Crippen molar-refractivity contribution in [3.05, 3.63) is 35.4 Å². The monoisotopic (exact) mass is 250 g/mol. The summed E-state index contributed by atoms with van der Waals surface area (Å²) in [6.45, 7) is 0.459. The summed E-state index contributed by atoms with van der Waals surface area (Å²) in [6, 6.07) is 6.57. The number of hydrogen-bond donors (Lipinski definition) is 2. The van der Waals surface area contributed by atoms with Crippen molar-refractivity contribution in [3.8, 4) is 0 Å². The quantitative estimate of drug-likeness (QED) is 0.748. The second-order valence-electron chi connectivity index (χ2n) is 4.11. The Morgan fingerprint density at radius 2 is 1.94 bits per heavy atom. The van der Waals surface area contributed by atoms with Gasteiger partial charge in [0.15, 0.2) is 0 Å². The number of carbonyl (C=O) groups is 2. The minimum Gasteiger partial charge on any atom is -0.396 e. The fraction of sp³-hybridized carbons (Fsp3) is 0.385. The van der Waals surface area contributed by atoms with E-state index in [9.17, 15) is 9.59 Å². The Morgan fingerprint density at radius 3 is 2.56 bits per heavy atom. The van der Waals surface area contributed by atoms with Crippen LogP contribution in [0.5, 0.6) is 0 Å². The predicted molar refractivity (Wildman–Crippen MR) is 68.5 cm³/mol. The maximum Gasteiger partial charge on any atom is 0.253 e. The summed E-state index contributed by atoms with van der Waals surface area (Å²) in [5, 5.41) is 11.3. The average Bonchev–Trinajstić information content (AvgIpc) is 2.38. The normalized spacial score (nSPS) is 9.94. The Labute approximate surface area is 106 Å². The van der Waals surface area contributed by atoms with Crippen molar-refractivity contribution >= 4 is 11.8 Å². The van der Waals surface area contributed by atoms with Gasteiger partial charge in [-0.05, 0) is 24.6 Å². The standard InChI is InChI=1S/C13H18N2O3/c1-15(2)13(18)11-6-3-5-10(9-11)12(17)14-7-4-8-16/h3,5-6,9,16H,4,7-8H2,1-2H3,(H,14,17). The van der Waals surface area contributed by atoms with Crippen LogP contribution in [0.4, 0.5) is 0 Å². The van der Waals surface area contributed by atoms with Crippen LogP contribution >= 0.6 is 0 Å². The van der Waals surface area contributed by atoms with Crippen LogP contribution < -0.4 is 5.32 Å². The zero-order valence-corrected chi connectivity index (χ0v) is 10.6. The average molecular weight is 250 g/mol. The molecule has 98 valence electrons. The Morgan fingerprint density at radius 1 is 1.28 bits per heavy atom. The molecule has 0 saturated heterocycles. The molecule has 0 aliphatic rings. The molecule has 1 aromatic rings. The van der Waals surface area contributed by atoms with E-state index in [4.69, 9.17) is 5.11 Å². The highest BCUT2D eigenvalue weighted by Gasteiger charge is 2.11. The molecule has 2 amide bonds. The third kappa shape index (κ3) is 3.85. The summed E-state index contributed by atoms with van der Waals surface area (Å²) >= 11 is 0. The molecule has 0 heterocycles. The molecule has 2 N–H and O–H groups in total. The molecule has 5 nitrogen and oxygen atoms in total. The zero-order chi connectivity index (χ0) is 13.5. The van der Waals surface area contributed by atoms with Crippen LogP contribution in [-0.4, -0.2) is 49.1 Å². The smallest absolute Gasteiger partial charge is 0.253 e. The van der Waals surface area contributed by atoms with Gasteiger partial charge in [0.2, 0.25) is 0 Å². The van der Waals surface area contributed by atoms with Gasteiger partial charge in [-0.2, -0.15) is 0 Å². The lowest BCUT2D eigenvalue weighted by Gasteiger charge is -2.11. The molecule has 1 aromatic carbocycles. The number of aliphatic hydroxyl groups is 1. The first kappa shape index (κ1) is 14.2. The van der Waals surface area contributed by atoms with Gasteiger partial charge < -0.3 is 15.3 Å². The Bertz CT molecular complexity index is 430. The van der Waals surface area contributed by atoms with E-state index in [1.807, 2.05) is 0 Å². The molecule has 5 heteroatoms. The summed E-state index contributed by atoms with van der Waals surface area (Å²) in [7, 11) is 3.33. The van der Waals surface area contributed by atoms with Crippen LogP contribution in [0.1, 0.15) is 27.1 Å². The largest absolute Gasteiger partial charge is 0.396 e. The SMILES string of the molecule is CN(C)C(=O)c1cccc(C(=O)NCCCO)c1. The van der Waals surface area contributed by atoms with Crippen LogP contribution in [0, 0.1) is 0 Å². The van der Waals surface area contributed by atoms with E-state index in [1.54, 1.807) is 38.4 Å². The fourth-order valence-electron chi connectivity index (χ4n) is 1.43. The van der Waals surface area contributed by atoms with Gasteiger partial charge in [0, 0.05) is 38.4 Å². The van der Waals surface area contributed by atoms with Crippen molar-refractivity contribution in [2.75, 3.05) is 27.2 Å². The predicted octanol–water partition coefficient (Wildman–Crippen LogP) is 0.501. The van der Waals surface area contributed by atoms with Crippen molar-refractivity contribution in [2.45, 2.75) is 6.42 Å². The first-order valence-electron chi connectivity index (χ1n) is 5.77. The molecule has 0 aliphatic carbocycles. The molecule has 0 aliphatic heterocycles. The molecule has 0 bridgehead atoms. The van der Waals surface area contributed by atoms with Gasteiger partial charge in [-0.15, -0.1) is 0 Å². The van der Waals surface area contributed by atoms with Crippen LogP contribution in [0.2, 0.25) is 0 Å². The molecule has 0 aromatic heterocycles. The number of amides is 2. The van der Waals surface area contributed by atoms with Crippen LogP contribution in [-0.2, 0) is 0 Å². The number of aliphatic hydroxyl groups excluding tert-OH is 1. The molecule has 0 radical (unpaired) electrons. The third-order valence-electron chi connectivity index (χ3n) is 2.40. The molecule has 18 heavy (non-hydrogen) atoms. The van der Waals surface area contributed by atoms with E-state index < -0.39 is 0 Å². The fourth-order valence-corrected chi connectivity index (χ4v) is 1.43. The maximum absolute atomic E-state index is 11.7. The molecular weight excluding hydrogens is 232 g/mol. The van der Waals surface area contributed by atoms with E-state index in [2.05, 4.69) is 5.32 Å². The van der Waals surface area contributed by atoms with Crippen LogP contribution in [0.3, 0.4) is 0 Å². The summed E-state index contributed by atoms with van der Waals surface area (Å²) in [6.07, 6.45) is 0.516. The zero-order valence-electron chi connectivity index (χ0n) is 10.6. The molecule has 0 fully saturated rings. The molecule has 0 saturated carbocycles. The lowest BCUT2D eigenvalue weighted by molar-refractivity contribution is 0.0827. The Kier molecular flexibility index (Phi) is 5.32. The van der Waals surface area contributed by atoms with Gasteiger partial charge in [0.05, 0.1) is 0 Å². The van der Waals surface area contributed by atoms with Gasteiger partial charge in [0.25, 0.3) is 11.8 Å². The molecular formula is C13H18N2O3. The number of carbonyl (C=O) groups excluding carboxylic acids is 2. The Balaban J connectivity index is 2.75. The van der Waals surface area contributed by atoms with Gasteiger partial charge in [-0.1, -0.05) is 6.07 Å². The lowest BCUT2D eigenvalue weighted by atomic mass is 10.1. The first-order chi connectivity index (χ1) is 8.56. The molecule has 0 atom stereocenters. The maximum atomic E-state index is 11.7. The van der Waals surface area contributed by atoms with Crippen LogP contribution in [0.25, 0.3) is 0 Å². The number of benzene rings is 1. The van der Waals surface area contributed by atoms with Crippen molar-refractivity contribution in [1.29, 1.82) is 0 Å². The second-order valence-corrected chi connectivity index (χ2v) is 4.11. The highest BCUT2D eigenvalue weighted by Crippen LogP contribution is 2.07. The second kappa shape index (κ2) is 6.76. The summed E-state index contributed by atoms with van der Waals surface area (Å²) in [5.41, 5.74) is 0.926.